The maximum Gasteiger partial charge on any atom is 1.00 e. The third kappa shape index (κ3) is 134. The molecular formula is H14Na13O4P. The summed E-state index contributed by atoms with van der Waals surface area (Å²) in [5.74, 6) is 0. The van der Waals surface area contributed by atoms with E-state index in [1.54, 1.807) is 0 Å². The van der Waals surface area contributed by atoms with Gasteiger partial charge in [-0.05, 0) is 0 Å². The molecule has 0 amide bonds. The van der Waals surface area contributed by atoms with E-state index in [4.69, 9.17) is 19.2 Å². The summed E-state index contributed by atoms with van der Waals surface area (Å²) in [5, 5.41) is 0. The van der Waals surface area contributed by atoms with Crippen molar-refractivity contribution in [1.82, 2.24) is 0 Å². The smallest absolute Gasteiger partial charge is 1.00 e. The maximum atomic E-state index is 8.77. The van der Waals surface area contributed by atoms with Gasteiger partial charge in [-0.25, -0.2) is 0 Å². The van der Waals surface area contributed by atoms with Crippen molar-refractivity contribution in [3.8, 4) is 0 Å². The van der Waals surface area contributed by atoms with Crippen LogP contribution in [0.2, 0.25) is 0 Å². The Morgan fingerprint density at radius 2 is 0.556 bits per heavy atom. The van der Waals surface area contributed by atoms with Crippen molar-refractivity contribution >= 4 is 7.82 Å². The van der Waals surface area contributed by atoms with Crippen molar-refractivity contribution in [2.75, 3.05) is 0 Å². The van der Waals surface area contributed by atoms with Gasteiger partial charge in [0.2, 0.25) is 0 Å². The van der Waals surface area contributed by atoms with Crippen molar-refractivity contribution in [2.45, 2.75) is 0 Å². The molecular weight excluding hydrogens is 394 g/mol. The molecule has 0 rings (SSSR count). The van der Waals surface area contributed by atoms with Crippen LogP contribution in [0.3, 0.4) is 0 Å². The molecule has 0 aromatic rings. The van der Waals surface area contributed by atoms with Crippen molar-refractivity contribution < 1.29 is 421 Å². The molecule has 0 saturated heterocycles. The molecule has 0 radical (unpaired) electrons. The Hall–Kier alpha value is 13.1. The summed E-state index contributed by atoms with van der Waals surface area (Å²) in [7, 11) is -4.89. The van der Waals surface area contributed by atoms with Crippen LogP contribution in [-0.2, 0) is 4.57 Å². The van der Waals surface area contributed by atoms with Crippen LogP contribution in [0.25, 0.3) is 0 Å². The van der Waals surface area contributed by atoms with Crippen LogP contribution in [-0.4, -0.2) is 9.79 Å². The maximum absolute atomic E-state index is 8.77. The summed E-state index contributed by atoms with van der Waals surface area (Å²) in [5.41, 5.74) is 0. The van der Waals surface area contributed by atoms with E-state index in [2.05, 4.69) is 0 Å². The summed E-state index contributed by atoms with van der Waals surface area (Å²) in [6.07, 6.45) is 0. The van der Waals surface area contributed by atoms with Crippen LogP contribution in [0.5, 0.6) is 0 Å². The standard InChI is InChI=1S/13Na.H3O4P.12H/c;;;;;;;;;;;;;1-5(2,3)4;;;;;;;;;;;;/h;;;;;;;;;;;;;(H3,1,2,3,4);;;;;;;;;;;;/q13*+1;;12*-1/p-1. The van der Waals surface area contributed by atoms with Crippen LogP contribution in [0.4, 0.5) is 0 Å². The summed E-state index contributed by atoms with van der Waals surface area (Å²) in [6.45, 7) is 0. The predicted molar refractivity (Wildman–Crippen MR) is 25.4 cm³/mol. The van der Waals surface area contributed by atoms with Crippen molar-refractivity contribution in [3.63, 3.8) is 0 Å². The number of rotatable bonds is 0. The molecule has 4 nitrogen and oxygen atoms in total. The second-order valence-corrected chi connectivity index (χ2v) is 1.47. The second-order valence-electron chi connectivity index (χ2n) is 0.491. The molecule has 56 valence electrons. The van der Waals surface area contributed by atoms with E-state index in [1.165, 1.54) is 0 Å². The molecule has 0 aliphatic carbocycles. The minimum absolute atomic E-state index is 0. The van der Waals surface area contributed by atoms with E-state index in [0.29, 0.717) is 0 Å². The van der Waals surface area contributed by atoms with Gasteiger partial charge in [0.25, 0.3) is 7.82 Å². The molecule has 2 N–H and O–H groups in total. The van der Waals surface area contributed by atoms with Crippen LogP contribution in [0.15, 0.2) is 0 Å². The van der Waals surface area contributed by atoms with Crippen molar-refractivity contribution in [2.24, 2.45) is 0 Å². The fourth-order valence-electron chi connectivity index (χ4n) is 0. The third-order valence-electron chi connectivity index (χ3n) is 0. The monoisotopic (exact) mass is 408 g/mol. The Morgan fingerprint density at radius 3 is 0.556 bits per heavy atom. The molecule has 0 heterocycles. The van der Waals surface area contributed by atoms with Gasteiger partial charge in [0.05, 0.1) is 0 Å². The predicted octanol–water partition coefficient (Wildman–Crippen LogP) is -39.2. The van der Waals surface area contributed by atoms with E-state index in [9.17, 15) is 0 Å². The first-order chi connectivity index (χ1) is 2.00. The van der Waals surface area contributed by atoms with Crippen molar-refractivity contribution in [1.29, 1.82) is 0 Å². The Morgan fingerprint density at radius 1 is 0.556 bits per heavy atom. The Kier molecular flexibility index (Phi) is 374. The molecule has 18 heavy (non-hydrogen) atoms. The van der Waals surface area contributed by atoms with Gasteiger partial charge < -0.3 is 31.8 Å². The molecule has 0 aromatic carbocycles. The van der Waals surface area contributed by atoms with Gasteiger partial charge in [-0.1, -0.05) is 0 Å². The number of hydrogen-bond acceptors (Lipinski definition) is 2. The molecule has 18 heteroatoms. The van der Waals surface area contributed by atoms with Crippen LogP contribution in [0, 0.1) is 0 Å². The summed E-state index contributed by atoms with van der Waals surface area (Å²) < 4.78 is 8.77. The zero-order chi connectivity index (χ0) is 4.50. The van der Waals surface area contributed by atoms with E-state index in [-0.39, 0.29) is 401 Å². The molecule has 0 fully saturated rings. The van der Waals surface area contributed by atoms with E-state index < -0.39 is 7.82 Å². The second kappa shape index (κ2) is 69.9. The zero-order valence-corrected chi connectivity index (χ0v) is 42.1. The molecule has 0 unspecified atom stereocenters. The first-order valence-electron chi connectivity index (χ1n) is 0.765. The normalized spacial score (nSPS) is 3.28. The van der Waals surface area contributed by atoms with Gasteiger partial charge in [0, 0.05) is 0 Å². The average Bonchev–Trinajstić information content (AvgIpc) is 0.722. The molecule has 0 aliphatic rings. The van der Waals surface area contributed by atoms with E-state index in [0.717, 1.165) is 0 Å². The van der Waals surface area contributed by atoms with Gasteiger partial charge in [-0.15, -0.1) is 0 Å². The topological polar surface area (TPSA) is 80.6 Å². The SMILES string of the molecule is O=P([O-])(O)O.[H-].[H-].[H-].[H-].[H-].[H-].[H-].[H-].[H-].[H-].[H-].[H-].[Na+].[Na+].[Na+].[Na+].[Na+].[Na+].[Na+].[Na+].[Na+].[Na+].[Na+].[Na+].[Na+]. The molecule has 0 bridgehead atoms. The summed E-state index contributed by atoms with van der Waals surface area (Å²) in [4.78, 5) is 22.9. The Balaban J connectivity index is -0.000000000267. The Bertz CT molecular complexity index is 94.3. The van der Waals surface area contributed by atoms with E-state index >= 15 is 0 Å². The van der Waals surface area contributed by atoms with E-state index in [1.807, 2.05) is 0 Å². The van der Waals surface area contributed by atoms with Crippen LogP contribution < -0.4 is 389 Å². The number of hydrogen-bond donors (Lipinski definition) is 2. The average molecular weight is 408 g/mol. The minimum Gasteiger partial charge on any atom is -1.00 e. The van der Waals surface area contributed by atoms with Crippen molar-refractivity contribution in [3.05, 3.63) is 0 Å². The summed E-state index contributed by atoms with van der Waals surface area (Å²) in [6, 6.07) is 0. The fourth-order valence-corrected chi connectivity index (χ4v) is 0. The first kappa shape index (κ1) is 96.3. The third-order valence-corrected chi connectivity index (χ3v) is 0. The molecule has 0 aliphatic heterocycles. The van der Waals surface area contributed by atoms with Crippen LogP contribution >= 0.6 is 7.82 Å². The number of phosphoric acid groups is 1. The molecule has 0 atom stereocenters. The first-order valence-corrected chi connectivity index (χ1v) is 2.30. The van der Waals surface area contributed by atoms with Crippen LogP contribution in [0.1, 0.15) is 17.1 Å². The Labute approximate surface area is 415 Å². The minimum atomic E-state index is -4.89. The largest absolute Gasteiger partial charge is 1.00 e. The van der Waals surface area contributed by atoms with Gasteiger partial charge in [-0.3, -0.25) is 4.57 Å². The van der Waals surface area contributed by atoms with Gasteiger partial charge >= 0.3 is 384 Å². The quantitative estimate of drug-likeness (QED) is 0.309. The zero-order valence-electron chi connectivity index (χ0n) is 27.2. The van der Waals surface area contributed by atoms with Gasteiger partial charge in [0.15, 0.2) is 0 Å². The molecule has 0 aromatic heterocycles. The molecule has 0 saturated carbocycles. The fraction of sp³-hybridized carbons (Fsp3) is 0. The van der Waals surface area contributed by atoms with Gasteiger partial charge in [-0.2, -0.15) is 0 Å². The molecule has 0 spiro atoms. The summed E-state index contributed by atoms with van der Waals surface area (Å²) >= 11 is 0. The van der Waals surface area contributed by atoms with Gasteiger partial charge in [0.1, 0.15) is 0 Å².